The van der Waals surface area contributed by atoms with Gasteiger partial charge in [0.05, 0.1) is 19.0 Å². The van der Waals surface area contributed by atoms with Gasteiger partial charge in [0.15, 0.2) is 0 Å². The maximum absolute atomic E-state index is 12.4. The van der Waals surface area contributed by atoms with Crippen molar-refractivity contribution in [2.75, 3.05) is 18.1 Å². The summed E-state index contributed by atoms with van der Waals surface area (Å²) in [5.41, 5.74) is 3.62. The number of hydrogen-bond donors (Lipinski definition) is 1. The standard InChI is InChI=1S/C24H22N4O3/c25-11-4-12-27-17-19(21-7-1-2-8-22(21)27)9-10-23(29)26-16-18-5-3-6-20(15-18)28-13-14-31-24(28)30/h1-3,5-10,15,17H,4,12-14,16H2,(H,26,29)/b10-9+. The first-order valence-electron chi connectivity index (χ1n) is 10.1. The fraction of sp³-hybridized carbons (Fsp3) is 0.208. The number of amides is 2. The first-order valence-corrected chi connectivity index (χ1v) is 10.1. The van der Waals surface area contributed by atoms with Gasteiger partial charge in [-0.05, 0) is 29.8 Å². The van der Waals surface area contributed by atoms with Crippen LogP contribution >= 0.6 is 0 Å². The van der Waals surface area contributed by atoms with Crippen LogP contribution in [0.25, 0.3) is 17.0 Å². The number of nitrogens with zero attached hydrogens (tertiary/aromatic N) is 3. The van der Waals surface area contributed by atoms with Crippen molar-refractivity contribution in [3.05, 3.63) is 71.9 Å². The van der Waals surface area contributed by atoms with Crippen molar-refractivity contribution in [3.8, 4) is 6.07 Å². The van der Waals surface area contributed by atoms with Crippen molar-refractivity contribution in [2.45, 2.75) is 19.5 Å². The lowest BCUT2D eigenvalue weighted by atomic mass is 10.1. The molecule has 0 saturated carbocycles. The first-order chi connectivity index (χ1) is 15.2. The number of hydrogen-bond acceptors (Lipinski definition) is 4. The van der Waals surface area contributed by atoms with Gasteiger partial charge < -0.3 is 14.6 Å². The smallest absolute Gasteiger partial charge is 0.414 e. The third-order valence-corrected chi connectivity index (χ3v) is 5.15. The third-order valence-electron chi connectivity index (χ3n) is 5.15. The summed E-state index contributed by atoms with van der Waals surface area (Å²) < 4.78 is 7.01. The van der Waals surface area contributed by atoms with E-state index in [4.69, 9.17) is 10.00 Å². The molecule has 4 rings (SSSR count). The van der Waals surface area contributed by atoms with Gasteiger partial charge in [-0.1, -0.05) is 30.3 Å². The molecule has 2 aromatic carbocycles. The summed E-state index contributed by atoms with van der Waals surface area (Å²) in [7, 11) is 0. The Bertz CT molecular complexity index is 1190. The molecule has 2 heterocycles. The molecule has 0 spiro atoms. The zero-order valence-corrected chi connectivity index (χ0v) is 17.0. The van der Waals surface area contributed by atoms with Gasteiger partial charge >= 0.3 is 6.09 Å². The molecule has 1 aliphatic rings. The molecular weight excluding hydrogens is 392 g/mol. The number of carbonyl (C=O) groups is 2. The molecule has 0 aliphatic carbocycles. The lowest BCUT2D eigenvalue weighted by molar-refractivity contribution is -0.116. The molecule has 7 heteroatoms. The maximum Gasteiger partial charge on any atom is 0.414 e. The average Bonchev–Trinajstić information content (AvgIpc) is 3.38. The quantitative estimate of drug-likeness (QED) is 0.595. The zero-order valence-electron chi connectivity index (χ0n) is 17.0. The second-order valence-electron chi connectivity index (χ2n) is 7.19. The van der Waals surface area contributed by atoms with E-state index in [2.05, 4.69) is 11.4 Å². The molecule has 0 unspecified atom stereocenters. The van der Waals surface area contributed by atoms with Crippen molar-refractivity contribution in [1.29, 1.82) is 5.26 Å². The molecule has 1 aliphatic heterocycles. The molecule has 2 amide bonds. The molecule has 0 radical (unpaired) electrons. The number of aryl methyl sites for hydroxylation is 1. The number of ether oxygens (including phenoxy) is 1. The topological polar surface area (TPSA) is 87.4 Å². The molecular formula is C24H22N4O3. The van der Waals surface area contributed by atoms with Gasteiger partial charge in [-0.25, -0.2) is 4.79 Å². The monoisotopic (exact) mass is 414 g/mol. The highest BCUT2D eigenvalue weighted by atomic mass is 16.6. The molecule has 0 atom stereocenters. The van der Waals surface area contributed by atoms with Crippen LogP contribution in [0.2, 0.25) is 0 Å². The molecule has 0 bridgehead atoms. The number of nitrogens with one attached hydrogen (secondary N) is 1. The highest BCUT2D eigenvalue weighted by molar-refractivity contribution is 5.96. The fourth-order valence-electron chi connectivity index (χ4n) is 3.64. The SMILES string of the molecule is N#CCCn1cc(/C=C/C(=O)NCc2cccc(N3CCOC3=O)c2)c2ccccc21. The number of rotatable bonds is 7. The number of aromatic nitrogens is 1. The van der Waals surface area contributed by atoms with Crippen LogP contribution < -0.4 is 10.2 Å². The highest BCUT2D eigenvalue weighted by Crippen LogP contribution is 2.23. The van der Waals surface area contributed by atoms with E-state index in [1.54, 1.807) is 11.0 Å². The lowest BCUT2D eigenvalue weighted by Gasteiger charge is -2.13. The molecule has 1 aromatic heterocycles. The Morgan fingerprint density at radius 3 is 2.90 bits per heavy atom. The van der Waals surface area contributed by atoms with Gasteiger partial charge in [0.25, 0.3) is 0 Å². The second kappa shape index (κ2) is 9.18. The predicted molar refractivity (Wildman–Crippen MR) is 118 cm³/mol. The van der Waals surface area contributed by atoms with Crippen molar-refractivity contribution in [1.82, 2.24) is 9.88 Å². The Kier molecular flexibility index (Phi) is 5.99. The molecule has 31 heavy (non-hydrogen) atoms. The highest BCUT2D eigenvalue weighted by Gasteiger charge is 2.23. The van der Waals surface area contributed by atoms with Crippen LogP contribution in [0.15, 0.2) is 60.8 Å². The Labute approximate surface area is 180 Å². The van der Waals surface area contributed by atoms with Crippen molar-refractivity contribution < 1.29 is 14.3 Å². The van der Waals surface area contributed by atoms with Crippen LogP contribution in [0.5, 0.6) is 0 Å². The summed E-state index contributed by atoms with van der Waals surface area (Å²) in [6.45, 7) is 1.87. The van der Waals surface area contributed by atoms with Crippen LogP contribution in [-0.2, 0) is 22.6 Å². The first kappa shape index (κ1) is 20.2. The number of cyclic esters (lactones) is 1. The number of anilines is 1. The van der Waals surface area contributed by atoms with Crippen molar-refractivity contribution in [2.24, 2.45) is 0 Å². The van der Waals surface area contributed by atoms with Crippen LogP contribution in [0.1, 0.15) is 17.5 Å². The Hall–Kier alpha value is -4.05. The Morgan fingerprint density at radius 1 is 1.23 bits per heavy atom. The van der Waals surface area contributed by atoms with Crippen molar-refractivity contribution in [3.63, 3.8) is 0 Å². The predicted octanol–water partition coefficient (Wildman–Crippen LogP) is 3.84. The summed E-state index contributed by atoms with van der Waals surface area (Å²) in [6, 6.07) is 17.6. The Morgan fingerprint density at radius 2 is 2.10 bits per heavy atom. The van der Waals surface area contributed by atoms with Crippen molar-refractivity contribution >= 4 is 34.7 Å². The minimum Gasteiger partial charge on any atom is -0.447 e. The van der Waals surface area contributed by atoms with E-state index in [-0.39, 0.29) is 12.0 Å². The maximum atomic E-state index is 12.4. The lowest BCUT2D eigenvalue weighted by Crippen LogP contribution is -2.24. The Balaban J connectivity index is 1.42. The molecule has 1 N–H and O–H groups in total. The van der Waals surface area contributed by atoms with Gasteiger partial charge in [-0.2, -0.15) is 5.26 Å². The summed E-state index contributed by atoms with van der Waals surface area (Å²) in [5.74, 6) is -0.208. The van der Waals surface area contributed by atoms with Crippen LogP contribution in [-0.4, -0.2) is 29.7 Å². The van der Waals surface area contributed by atoms with Crippen LogP contribution in [0, 0.1) is 11.3 Å². The van der Waals surface area contributed by atoms with E-state index >= 15 is 0 Å². The van der Waals surface area contributed by atoms with Gasteiger partial charge in [0.2, 0.25) is 5.91 Å². The largest absolute Gasteiger partial charge is 0.447 e. The van der Waals surface area contributed by atoms with Gasteiger partial charge in [0.1, 0.15) is 6.61 Å². The summed E-state index contributed by atoms with van der Waals surface area (Å²) in [6.07, 6.45) is 5.34. The number of benzene rings is 2. The zero-order chi connectivity index (χ0) is 21.6. The molecule has 3 aromatic rings. The second-order valence-corrected chi connectivity index (χ2v) is 7.19. The summed E-state index contributed by atoms with van der Waals surface area (Å²) in [4.78, 5) is 25.7. The van der Waals surface area contributed by atoms with Crippen LogP contribution in [0.3, 0.4) is 0 Å². The number of para-hydroxylation sites is 1. The minimum absolute atomic E-state index is 0.208. The fourth-order valence-corrected chi connectivity index (χ4v) is 3.64. The number of nitriles is 1. The van der Waals surface area contributed by atoms with E-state index < -0.39 is 0 Å². The van der Waals surface area contributed by atoms with E-state index in [9.17, 15) is 9.59 Å². The number of carbonyl (C=O) groups excluding carboxylic acids is 2. The third kappa shape index (κ3) is 4.59. The van der Waals surface area contributed by atoms with Gasteiger partial charge in [-0.3, -0.25) is 9.69 Å². The van der Waals surface area contributed by atoms with Gasteiger partial charge in [-0.15, -0.1) is 0 Å². The number of fused-ring (bicyclic) bond motifs is 1. The summed E-state index contributed by atoms with van der Waals surface area (Å²) >= 11 is 0. The minimum atomic E-state index is -0.349. The molecule has 1 fully saturated rings. The molecule has 7 nitrogen and oxygen atoms in total. The average molecular weight is 414 g/mol. The molecule has 1 saturated heterocycles. The molecule has 156 valence electrons. The van der Waals surface area contributed by atoms with Crippen LogP contribution in [0.4, 0.5) is 10.5 Å². The normalized spacial score (nSPS) is 13.5. The van der Waals surface area contributed by atoms with E-state index in [0.29, 0.717) is 32.7 Å². The van der Waals surface area contributed by atoms with E-state index in [1.807, 2.05) is 59.3 Å². The van der Waals surface area contributed by atoms with E-state index in [1.165, 1.54) is 6.08 Å². The van der Waals surface area contributed by atoms with Gasteiger partial charge in [0, 0.05) is 47.5 Å². The van der Waals surface area contributed by atoms with E-state index in [0.717, 1.165) is 27.7 Å². The summed E-state index contributed by atoms with van der Waals surface area (Å²) in [5, 5.41) is 12.8.